The Bertz CT molecular complexity index is 419. The maximum Gasteiger partial charge on any atom is 0.331 e. The van der Waals surface area contributed by atoms with E-state index in [1.807, 2.05) is 31.2 Å². The van der Waals surface area contributed by atoms with E-state index in [2.05, 4.69) is 19.2 Å². The molecule has 0 saturated heterocycles. The molecule has 0 heterocycles. The van der Waals surface area contributed by atoms with Crippen LogP contribution < -0.4 is 5.32 Å². The van der Waals surface area contributed by atoms with E-state index in [1.54, 1.807) is 0 Å². The highest BCUT2D eigenvalue weighted by Crippen LogP contribution is 2.41. The lowest BCUT2D eigenvalue weighted by Gasteiger charge is -2.45. The van der Waals surface area contributed by atoms with Crippen molar-refractivity contribution < 1.29 is 9.53 Å². The molecule has 1 fully saturated rings. The van der Waals surface area contributed by atoms with Crippen LogP contribution in [0.25, 0.3) is 0 Å². The molecule has 0 radical (unpaired) electrons. The van der Waals surface area contributed by atoms with Crippen LogP contribution in [0, 0.1) is 12.8 Å². The third kappa shape index (κ3) is 2.50. The first kappa shape index (κ1) is 12.9. The quantitative estimate of drug-likeness (QED) is 0.831. The predicted molar refractivity (Wildman–Crippen MR) is 72.6 cm³/mol. The van der Waals surface area contributed by atoms with Crippen molar-refractivity contribution in [3.63, 3.8) is 0 Å². The zero-order valence-corrected chi connectivity index (χ0v) is 11.3. The molecule has 1 saturated carbocycles. The lowest BCUT2D eigenvalue weighted by molar-refractivity contribution is -0.153. The maximum atomic E-state index is 12.1. The molecule has 3 nitrogen and oxygen atoms in total. The van der Waals surface area contributed by atoms with Gasteiger partial charge in [0.15, 0.2) is 0 Å². The lowest BCUT2D eigenvalue weighted by Crippen LogP contribution is -2.56. The molecule has 1 aromatic rings. The zero-order chi connectivity index (χ0) is 13.2. The Morgan fingerprint density at radius 3 is 2.50 bits per heavy atom. The average molecular weight is 247 g/mol. The number of benzene rings is 1. The molecule has 0 aromatic heterocycles. The number of hydrogen-bond donors (Lipinski definition) is 1. The summed E-state index contributed by atoms with van der Waals surface area (Å²) >= 11 is 0. The molecular weight excluding hydrogens is 226 g/mol. The third-order valence-corrected chi connectivity index (χ3v) is 3.50. The normalized spacial score (nSPS) is 26.3. The van der Waals surface area contributed by atoms with Gasteiger partial charge in [0.25, 0.3) is 0 Å². The smallest absolute Gasteiger partial charge is 0.331 e. The highest BCUT2D eigenvalue weighted by molar-refractivity contribution is 5.86. The summed E-state index contributed by atoms with van der Waals surface area (Å²) in [6, 6.07) is 8.12. The van der Waals surface area contributed by atoms with E-state index in [0.717, 1.165) is 18.5 Å². The van der Waals surface area contributed by atoms with Gasteiger partial charge in [0, 0.05) is 5.69 Å². The van der Waals surface area contributed by atoms with Crippen LogP contribution in [0.1, 0.15) is 32.3 Å². The van der Waals surface area contributed by atoms with Gasteiger partial charge in [-0.15, -0.1) is 0 Å². The number of nitrogens with one attached hydrogen (secondary N) is 1. The van der Waals surface area contributed by atoms with Crippen molar-refractivity contribution in [2.45, 2.75) is 39.2 Å². The van der Waals surface area contributed by atoms with Gasteiger partial charge in [-0.05, 0) is 44.7 Å². The summed E-state index contributed by atoms with van der Waals surface area (Å²) in [6.45, 7) is 6.49. The number of hydrogen-bond acceptors (Lipinski definition) is 3. The summed E-state index contributed by atoms with van der Waals surface area (Å²) in [5.41, 5.74) is 1.69. The van der Waals surface area contributed by atoms with Crippen molar-refractivity contribution in [2.24, 2.45) is 5.92 Å². The summed E-state index contributed by atoms with van der Waals surface area (Å²) in [4.78, 5) is 12.1. The first-order valence-corrected chi connectivity index (χ1v) is 6.58. The number of carbonyl (C=O) groups is 1. The molecule has 0 spiro atoms. The number of anilines is 1. The van der Waals surface area contributed by atoms with Crippen molar-refractivity contribution >= 4 is 11.7 Å². The number of esters is 1. The van der Waals surface area contributed by atoms with Gasteiger partial charge in [-0.2, -0.15) is 0 Å². The molecule has 0 aliphatic heterocycles. The van der Waals surface area contributed by atoms with E-state index in [9.17, 15) is 4.79 Å². The van der Waals surface area contributed by atoms with Gasteiger partial charge < -0.3 is 10.1 Å². The van der Waals surface area contributed by atoms with Crippen molar-refractivity contribution in [3.8, 4) is 0 Å². The van der Waals surface area contributed by atoms with Gasteiger partial charge in [-0.25, -0.2) is 4.79 Å². The van der Waals surface area contributed by atoms with E-state index in [4.69, 9.17) is 4.74 Å². The summed E-state index contributed by atoms with van der Waals surface area (Å²) in [6.07, 6.45) is 1.69. The van der Waals surface area contributed by atoms with E-state index in [0.29, 0.717) is 12.5 Å². The third-order valence-electron chi connectivity index (χ3n) is 3.50. The molecule has 3 heteroatoms. The molecule has 1 aliphatic carbocycles. The molecule has 1 N–H and O–H groups in total. The number of ether oxygens (including phenoxy) is 1. The topological polar surface area (TPSA) is 38.3 Å². The number of aryl methyl sites for hydroxylation is 1. The Balaban J connectivity index is 2.11. The van der Waals surface area contributed by atoms with E-state index < -0.39 is 5.54 Å². The molecule has 0 atom stereocenters. The highest BCUT2D eigenvalue weighted by atomic mass is 16.5. The number of rotatable bonds is 4. The fourth-order valence-corrected chi connectivity index (χ4v) is 2.63. The van der Waals surface area contributed by atoms with Crippen LogP contribution in [-0.4, -0.2) is 18.1 Å². The monoisotopic (exact) mass is 247 g/mol. The first-order chi connectivity index (χ1) is 8.55. The van der Waals surface area contributed by atoms with Crippen LogP contribution in [0.3, 0.4) is 0 Å². The van der Waals surface area contributed by atoms with Gasteiger partial charge >= 0.3 is 5.97 Å². The summed E-state index contributed by atoms with van der Waals surface area (Å²) in [5, 5.41) is 3.36. The second-order valence-corrected chi connectivity index (χ2v) is 5.31. The minimum absolute atomic E-state index is 0.122. The highest BCUT2D eigenvalue weighted by Gasteiger charge is 2.49. The Labute approximate surface area is 109 Å². The molecular formula is C15H21NO2. The second kappa shape index (κ2) is 5.01. The van der Waals surface area contributed by atoms with Crippen molar-refractivity contribution in [1.29, 1.82) is 0 Å². The van der Waals surface area contributed by atoms with Gasteiger partial charge in [0.05, 0.1) is 6.61 Å². The summed E-state index contributed by atoms with van der Waals surface area (Å²) < 4.78 is 5.19. The van der Waals surface area contributed by atoms with Crippen LogP contribution in [0.2, 0.25) is 0 Å². The lowest BCUT2D eigenvalue weighted by atomic mass is 9.69. The Morgan fingerprint density at radius 2 is 2.00 bits per heavy atom. The van der Waals surface area contributed by atoms with Crippen LogP contribution in [-0.2, 0) is 9.53 Å². The van der Waals surface area contributed by atoms with Crippen molar-refractivity contribution in [1.82, 2.24) is 0 Å². The van der Waals surface area contributed by atoms with Gasteiger partial charge in [-0.3, -0.25) is 0 Å². The summed E-state index contributed by atoms with van der Waals surface area (Å²) in [7, 11) is 0. The molecule has 98 valence electrons. The summed E-state index contributed by atoms with van der Waals surface area (Å²) in [5.74, 6) is 0.455. The van der Waals surface area contributed by atoms with Crippen molar-refractivity contribution in [3.05, 3.63) is 29.8 Å². The zero-order valence-electron chi connectivity index (χ0n) is 11.3. The Hall–Kier alpha value is -1.51. The standard InChI is InChI=1S/C15H21NO2/c1-4-18-14(17)15(9-12(3)10-15)16-13-7-5-11(2)6-8-13/h5-8,12,16H,4,9-10H2,1-3H3. The number of carbonyl (C=O) groups excluding carboxylic acids is 1. The van der Waals surface area contributed by atoms with Crippen LogP contribution in [0.5, 0.6) is 0 Å². The Morgan fingerprint density at radius 1 is 1.39 bits per heavy atom. The van der Waals surface area contributed by atoms with Crippen LogP contribution in [0.15, 0.2) is 24.3 Å². The molecule has 0 bridgehead atoms. The van der Waals surface area contributed by atoms with E-state index in [1.165, 1.54) is 5.56 Å². The maximum absolute atomic E-state index is 12.1. The van der Waals surface area contributed by atoms with Gasteiger partial charge in [0.1, 0.15) is 5.54 Å². The van der Waals surface area contributed by atoms with Crippen molar-refractivity contribution in [2.75, 3.05) is 11.9 Å². The molecule has 18 heavy (non-hydrogen) atoms. The Kier molecular flexibility index (Phi) is 3.60. The average Bonchev–Trinajstić information content (AvgIpc) is 2.30. The van der Waals surface area contributed by atoms with Gasteiger partial charge in [0.2, 0.25) is 0 Å². The van der Waals surface area contributed by atoms with E-state index >= 15 is 0 Å². The molecule has 1 aromatic carbocycles. The second-order valence-electron chi connectivity index (χ2n) is 5.31. The van der Waals surface area contributed by atoms with E-state index in [-0.39, 0.29) is 5.97 Å². The molecule has 1 aliphatic rings. The van der Waals surface area contributed by atoms with Crippen LogP contribution >= 0.6 is 0 Å². The van der Waals surface area contributed by atoms with Crippen LogP contribution in [0.4, 0.5) is 5.69 Å². The molecule has 2 rings (SSSR count). The predicted octanol–water partition coefficient (Wildman–Crippen LogP) is 3.14. The fourth-order valence-electron chi connectivity index (χ4n) is 2.63. The fraction of sp³-hybridized carbons (Fsp3) is 0.533. The van der Waals surface area contributed by atoms with Gasteiger partial charge in [-0.1, -0.05) is 24.6 Å². The SMILES string of the molecule is CCOC(=O)C1(Nc2ccc(C)cc2)CC(C)C1. The first-order valence-electron chi connectivity index (χ1n) is 6.58. The minimum Gasteiger partial charge on any atom is -0.464 e. The molecule has 0 unspecified atom stereocenters. The minimum atomic E-state index is -0.509. The molecule has 0 amide bonds. The largest absolute Gasteiger partial charge is 0.464 e.